The standard InChI is InChI=1S/C21H30O5/c1-13-11-17-20(3,10-6-7-14(2)18(22)24-4)16-9-8-15(19(23)25-5)21(16,12-13)26-17/h7,11,15-17H,6,8-10,12H2,1-5H3/b14-7+/t15-,16?,17+,20-,21+/m1/s1. The van der Waals surface area contributed by atoms with E-state index < -0.39 is 5.60 Å². The molecule has 0 radical (unpaired) electrons. The quantitative estimate of drug-likeness (QED) is 0.425. The van der Waals surface area contributed by atoms with E-state index in [9.17, 15) is 9.59 Å². The van der Waals surface area contributed by atoms with Gasteiger partial charge in [0.1, 0.15) is 0 Å². The molecule has 0 aromatic heterocycles. The average molecular weight is 362 g/mol. The number of hydrogen-bond donors (Lipinski definition) is 0. The molecule has 2 fully saturated rings. The molecule has 5 atom stereocenters. The number of allylic oxidation sites excluding steroid dienone is 1. The molecule has 26 heavy (non-hydrogen) atoms. The molecule has 3 aliphatic rings. The zero-order chi connectivity index (χ0) is 19.1. The van der Waals surface area contributed by atoms with Gasteiger partial charge in [-0.3, -0.25) is 4.79 Å². The van der Waals surface area contributed by atoms with E-state index in [1.165, 1.54) is 19.8 Å². The molecule has 1 spiro atoms. The fraction of sp³-hybridized carbons (Fsp3) is 0.714. The number of rotatable bonds is 5. The Morgan fingerprint density at radius 3 is 2.69 bits per heavy atom. The minimum Gasteiger partial charge on any atom is -0.469 e. The zero-order valence-electron chi connectivity index (χ0n) is 16.5. The van der Waals surface area contributed by atoms with E-state index in [0.717, 1.165) is 32.1 Å². The van der Waals surface area contributed by atoms with Crippen LogP contribution in [0.5, 0.6) is 0 Å². The van der Waals surface area contributed by atoms with Crippen LogP contribution in [0.1, 0.15) is 52.9 Å². The molecule has 0 aromatic rings. The van der Waals surface area contributed by atoms with Crippen LogP contribution in [0.4, 0.5) is 0 Å². The lowest BCUT2D eigenvalue weighted by Crippen LogP contribution is -2.44. The molecule has 0 N–H and O–H groups in total. The van der Waals surface area contributed by atoms with Gasteiger partial charge in [-0.25, -0.2) is 4.79 Å². The molecule has 0 amide bonds. The lowest BCUT2D eigenvalue weighted by Gasteiger charge is -2.37. The molecule has 144 valence electrons. The van der Waals surface area contributed by atoms with Gasteiger partial charge in [0, 0.05) is 11.0 Å². The van der Waals surface area contributed by atoms with Crippen LogP contribution in [-0.4, -0.2) is 37.9 Å². The molecule has 2 aliphatic heterocycles. The molecule has 1 aliphatic carbocycles. The van der Waals surface area contributed by atoms with E-state index in [2.05, 4.69) is 19.9 Å². The van der Waals surface area contributed by atoms with Crippen LogP contribution in [0.15, 0.2) is 23.3 Å². The minimum atomic E-state index is -0.424. The summed E-state index contributed by atoms with van der Waals surface area (Å²) in [6.45, 7) is 6.19. The molecule has 1 saturated carbocycles. The van der Waals surface area contributed by atoms with Gasteiger partial charge >= 0.3 is 11.9 Å². The first-order valence-corrected chi connectivity index (χ1v) is 9.46. The van der Waals surface area contributed by atoms with Gasteiger partial charge in [-0.2, -0.15) is 0 Å². The van der Waals surface area contributed by atoms with Crippen molar-refractivity contribution in [1.82, 2.24) is 0 Å². The van der Waals surface area contributed by atoms with Crippen LogP contribution in [0, 0.1) is 17.3 Å². The van der Waals surface area contributed by atoms with Crippen molar-refractivity contribution in [2.24, 2.45) is 17.3 Å². The molecule has 1 saturated heterocycles. The maximum atomic E-state index is 12.4. The molecule has 0 aromatic carbocycles. The molecular weight excluding hydrogens is 332 g/mol. The Morgan fingerprint density at radius 2 is 2.04 bits per heavy atom. The SMILES string of the molecule is COC(=O)/C(C)=C/CC[C@]1(C)C2CC[C@H](C(=O)OC)[C@@]23CC(C)=C[C@@H]1O3. The third kappa shape index (κ3) is 2.81. The van der Waals surface area contributed by atoms with E-state index in [1.807, 2.05) is 6.08 Å². The van der Waals surface area contributed by atoms with Crippen molar-refractivity contribution in [3.63, 3.8) is 0 Å². The summed E-state index contributed by atoms with van der Waals surface area (Å²) < 4.78 is 16.4. The summed E-state index contributed by atoms with van der Waals surface area (Å²) >= 11 is 0. The number of methoxy groups -OCH3 is 2. The first-order valence-electron chi connectivity index (χ1n) is 9.46. The summed E-state index contributed by atoms with van der Waals surface area (Å²) in [6, 6.07) is 0. The Kier molecular flexibility index (Phi) is 5.04. The van der Waals surface area contributed by atoms with Crippen molar-refractivity contribution in [1.29, 1.82) is 0 Å². The first kappa shape index (κ1) is 19.2. The Bertz CT molecular complexity index is 663. The summed E-state index contributed by atoms with van der Waals surface area (Å²) in [6.07, 6.45) is 8.51. The van der Waals surface area contributed by atoms with Gasteiger partial charge in [-0.15, -0.1) is 0 Å². The average Bonchev–Trinajstić information content (AvgIpc) is 3.04. The van der Waals surface area contributed by atoms with Crippen molar-refractivity contribution >= 4 is 11.9 Å². The molecular formula is C21H30O5. The van der Waals surface area contributed by atoms with Crippen LogP contribution in [0.3, 0.4) is 0 Å². The predicted octanol–water partition coefficient (Wildman–Crippen LogP) is 3.58. The second-order valence-corrected chi connectivity index (χ2v) is 8.31. The lowest BCUT2D eigenvalue weighted by molar-refractivity contribution is -0.158. The van der Waals surface area contributed by atoms with E-state index in [0.29, 0.717) is 11.5 Å². The van der Waals surface area contributed by atoms with E-state index in [4.69, 9.17) is 14.2 Å². The highest BCUT2D eigenvalue weighted by molar-refractivity contribution is 5.87. The topological polar surface area (TPSA) is 61.8 Å². The highest BCUT2D eigenvalue weighted by Crippen LogP contribution is 2.65. The van der Waals surface area contributed by atoms with E-state index in [-0.39, 0.29) is 29.4 Å². The number of esters is 2. The van der Waals surface area contributed by atoms with Crippen LogP contribution < -0.4 is 0 Å². The molecule has 2 heterocycles. The van der Waals surface area contributed by atoms with Crippen molar-refractivity contribution in [3.8, 4) is 0 Å². The molecule has 5 nitrogen and oxygen atoms in total. The molecule has 5 heteroatoms. The normalized spacial score (nSPS) is 38.6. The maximum Gasteiger partial charge on any atom is 0.333 e. The van der Waals surface area contributed by atoms with Gasteiger partial charge in [0.15, 0.2) is 0 Å². The highest BCUT2D eigenvalue weighted by Gasteiger charge is 2.68. The van der Waals surface area contributed by atoms with Crippen LogP contribution in [0.2, 0.25) is 0 Å². The molecule has 1 unspecified atom stereocenters. The smallest absolute Gasteiger partial charge is 0.333 e. The van der Waals surface area contributed by atoms with Crippen LogP contribution in [0.25, 0.3) is 0 Å². The van der Waals surface area contributed by atoms with Gasteiger partial charge in [-0.05, 0) is 51.9 Å². The Labute approximate surface area is 155 Å². The lowest BCUT2D eigenvalue weighted by atomic mass is 9.66. The second kappa shape index (κ2) is 6.84. The third-order valence-corrected chi connectivity index (χ3v) is 6.83. The largest absolute Gasteiger partial charge is 0.469 e. The van der Waals surface area contributed by atoms with Crippen molar-refractivity contribution in [2.45, 2.75) is 64.6 Å². The predicted molar refractivity (Wildman–Crippen MR) is 97.3 cm³/mol. The minimum absolute atomic E-state index is 0.0144. The Morgan fingerprint density at radius 1 is 1.31 bits per heavy atom. The monoisotopic (exact) mass is 362 g/mol. The third-order valence-electron chi connectivity index (χ3n) is 6.83. The maximum absolute atomic E-state index is 12.4. The van der Waals surface area contributed by atoms with Gasteiger partial charge in [0.05, 0.1) is 31.8 Å². The Balaban J connectivity index is 1.85. The van der Waals surface area contributed by atoms with E-state index in [1.54, 1.807) is 6.92 Å². The van der Waals surface area contributed by atoms with Gasteiger partial charge < -0.3 is 14.2 Å². The molecule has 3 rings (SSSR count). The molecule has 2 bridgehead atoms. The zero-order valence-corrected chi connectivity index (χ0v) is 16.5. The summed E-state index contributed by atoms with van der Waals surface area (Å²) in [5.41, 5.74) is 1.46. The van der Waals surface area contributed by atoms with Crippen LogP contribution >= 0.6 is 0 Å². The second-order valence-electron chi connectivity index (χ2n) is 8.31. The number of fused-ring (bicyclic) bond motifs is 1. The van der Waals surface area contributed by atoms with Crippen molar-refractivity contribution in [3.05, 3.63) is 23.3 Å². The Hall–Kier alpha value is -1.62. The summed E-state index contributed by atoms with van der Waals surface area (Å²) in [5.74, 6) is -0.288. The van der Waals surface area contributed by atoms with Gasteiger partial charge in [-0.1, -0.05) is 24.6 Å². The number of carbonyl (C=O) groups excluding carboxylic acids is 2. The number of carbonyl (C=O) groups is 2. The summed E-state index contributed by atoms with van der Waals surface area (Å²) in [5, 5.41) is 0. The van der Waals surface area contributed by atoms with Crippen molar-refractivity contribution in [2.75, 3.05) is 14.2 Å². The fourth-order valence-electron chi connectivity index (χ4n) is 5.57. The highest BCUT2D eigenvalue weighted by atomic mass is 16.5. The number of ether oxygens (including phenoxy) is 3. The van der Waals surface area contributed by atoms with Gasteiger partial charge in [0.25, 0.3) is 0 Å². The first-order chi connectivity index (χ1) is 12.3. The summed E-state index contributed by atoms with van der Waals surface area (Å²) in [7, 11) is 2.86. The summed E-state index contributed by atoms with van der Waals surface area (Å²) in [4.78, 5) is 24.0. The van der Waals surface area contributed by atoms with Crippen molar-refractivity contribution < 1.29 is 23.8 Å². The number of hydrogen-bond acceptors (Lipinski definition) is 5. The van der Waals surface area contributed by atoms with Crippen LogP contribution in [-0.2, 0) is 23.8 Å². The van der Waals surface area contributed by atoms with E-state index >= 15 is 0 Å². The van der Waals surface area contributed by atoms with Gasteiger partial charge in [0.2, 0.25) is 0 Å². The fourth-order valence-corrected chi connectivity index (χ4v) is 5.57.